The third kappa shape index (κ3) is 2.14. The number of aromatic hydroxyl groups is 1. The van der Waals surface area contributed by atoms with Crippen LogP contribution in [-0.4, -0.2) is 20.1 Å². The third-order valence-electron chi connectivity index (χ3n) is 2.59. The fourth-order valence-corrected chi connectivity index (χ4v) is 1.80. The van der Waals surface area contributed by atoms with Crippen molar-refractivity contribution < 1.29 is 5.11 Å². The predicted molar refractivity (Wildman–Crippen MR) is 65.4 cm³/mol. The molecule has 1 heterocycles. The third-order valence-corrected chi connectivity index (χ3v) is 2.59. The highest BCUT2D eigenvalue weighted by Gasteiger charge is 2.15. The second kappa shape index (κ2) is 4.55. The van der Waals surface area contributed by atoms with Crippen LogP contribution in [0.1, 0.15) is 25.6 Å². The molecule has 0 radical (unpaired) electrons. The Balaban J connectivity index is 2.52. The van der Waals surface area contributed by atoms with Crippen molar-refractivity contribution in [3.05, 3.63) is 30.0 Å². The minimum atomic E-state index is 0.213. The minimum Gasteiger partial charge on any atom is -0.508 e. The van der Waals surface area contributed by atoms with E-state index in [9.17, 15) is 5.11 Å². The maximum atomic E-state index is 9.47. The zero-order valence-corrected chi connectivity index (χ0v) is 9.96. The zero-order valence-electron chi connectivity index (χ0n) is 9.96. The highest BCUT2D eigenvalue weighted by Crippen LogP contribution is 2.25. The monoisotopic (exact) mass is 232 g/mol. The molecule has 3 N–H and O–H groups in total. The van der Waals surface area contributed by atoms with Crippen molar-refractivity contribution >= 4 is 0 Å². The molecule has 0 saturated heterocycles. The molecule has 0 atom stereocenters. The lowest BCUT2D eigenvalue weighted by Crippen LogP contribution is -2.11. The van der Waals surface area contributed by atoms with E-state index in [0.717, 1.165) is 17.0 Å². The Bertz CT molecular complexity index is 519. The second-order valence-corrected chi connectivity index (χ2v) is 4.18. The van der Waals surface area contributed by atoms with Crippen LogP contribution in [0.4, 0.5) is 0 Å². The van der Waals surface area contributed by atoms with Gasteiger partial charge in [-0.25, -0.2) is 4.68 Å². The first-order valence-electron chi connectivity index (χ1n) is 5.57. The van der Waals surface area contributed by atoms with Gasteiger partial charge >= 0.3 is 0 Å². The lowest BCUT2D eigenvalue weighted by molar-refractivity contribution is 0.475. The molecule has 0 aliphatic heterocycles. The molecule has 0 saturated carbocycles. The fourth-order valence-electron chi connectivity index (χ4n) is 1.80. The summed E-state index contributed by atoms with van der Waals surface area (Å²) in [6.45, 7) is 4.43. The van der Waals surface area contributed by atoms with Crippen molar-refractivity contribution in [1.82, 2.24) is 15.0 Å². The smallest absolute Gasteiger partial charge is 0.117 e. The minimum absolute atomic E-state index is 0.213. The van der Waals surface area contributed by atoms with Gasteiger partial charge in [-0.15, -0.1) is 5.10 Å². The van der Waals surface area contributed by atoms with Crippen LogP contribution in [0, 0.1) is 0 Å². The number of hydrogen-bond acceptors (Lipinski definition) is 4. The number of benzene rings is 1. The van der Waals surface area contributed by atoms with Crippen molar-refractivity contribution in [2.75, 3.05) is 0 Å². The van der Waals surface area contributed by atoms with Crippen LogP contribution in [-0.2, 0) is 6.54 Å². The van der Waals surface area contributed by atoms with Crippen LogP contribution >= 0.6 is 0 Å². The van der Waals surface area contributed by atoms with Gasteiger partial charge in [-0.2, -0.15) is 0 Å². The van der Waals surface area contributed by atoms with Crippen molar-refractivity contribution in [3.8, 4) is 17.0 Å². The number of rotatable bonds is 3. The molecule has 0 unspecified atom stereocenters. The second-order valence-electron chi connectivity index (χ2n) is 4.18. The highest BCUT2D eigenvalue weighted by atomic mass is 16.3. The molecule has 0 aliphatic rings. The van der Waals surface area contributed by atoms with Crippen LogP contribution < -0.4 is 5.73 Å². The van der Waals surface area contributed by atoms with E-state index in [1.54, 1.807) is 22.9 Å². The molecule has 5 nitrogen and oxygen atoms in total. The number of aromatic nitrogens is 3. The maximum absolute atomic E-state index is 9.47. The Hall–Kier alpha value is -1.88. The van der Waals surface area contributed by atoms with E-state index in [0.29, 0.717) is 6.54 Å². The van der Waals surface area contributed by atoms with E-state index in [-0.39, 0.29) is 11.8 Å². The molecule has 1 aromatic heterocycles. The molecule has 17 heavy (non-hydrogen) atoms. The number of hydrogen-bond donors (Lipinski definition) is 2. The molecule has 0 amide bonds. The van der Waals surface area contributed by atoms with Gasteiger partial charge in [0.15, 0.2) is 0 Å². The molecule has 0 bridgehead atoms. The first-order chi connectivity index (χ1) is 8.13. The van der Waals surface area contributed by atoms with E-state index in [1.807, 2.05) is 19.9 Å². The van der Waals surface area contributed by atoms with Gasteiger partial charge in [0.25, 0.3) is 0 Å². The van der Waals surface area contributed by atoms with E-state index in [2.05, 4.69) is 10.3 Å². The Labute approximate surface area is 99.9 Å². The highest BCUT2D eigenvalue weighted by molar-refractivity contribution is 5.63. The average molecular weight is 232 g/mol. The van der Waals surface area contributed by atoms with Crippen LogP contribution in [0.15, 0.2) is 24.3 Å². The Morgan fingerprint density at radius 3 is 2.76 bits per heavy atom. The van der Waals surface area contributed by atoms with Crippen molar-refractivity contribution in [3.63, 3.8) is 0 Å². The molecule has 5 heteroatoms. The molecule has 0 spiro atoms. The van der Waals surface area contributed by atoms with Gasteiger partial charge in [-0.3, -0.25) is 0 Å². The summed E-state index contributed by atoms with van der Waals surface area (Å²) in [7, 11) is 0. The van der Waals surface area contributed by atoms with Crippen molar-refractivity contribution in [2.24, 2.45) is 5.73 Å². The first-order valence-corrected chi connectivity index (χ1v) is 5.57. The van der Waals surface area contributed by atoms with Crippen LogP contribution in [0.5, 0.6) is 5.75 Å². The largest absolute Gasteiger partial charge is 0.508 e. The zero-order chi connectivity index (χ0) is 12.4. The van der Waals surface area contributed by atoms with Crippen molar-refractivity contribution in [2.45, 2.75) is 26.4 Å². The van der Waals surface area contributed by atoms with Crippen LogP contribution in [0.25, 0.3) is 11.3 Å². The van der Waals surface area contributed by atoms with Gasteiger partial charge in [0.2, 0.25) is 0 Å². The molecule has 0 aliphatic carbocycles. The Morgan fingerprint density at radius 2 is 2.18 bits per heavy atom. The summed E-state index contributed by atoms with van der Waals surface area (Å²) in [4.78, 5) is 0. The topological polar surface area (TPSA) is 77.0 Å². The Kier molecular flexibility index (Phi) is 3.10. The number of phenols is 1. The predicted octanol–water partition coefficient (Wildman–Crippen LogP) is 1.69. The number of nitrogens with two attached hydrogens (primary N) is 1. The molecule has 1 aromatic carbocycles. The lowest BCUT2D eigenvalue weighted by atomic mass is 10.1. The first kappa shape index (κ1) is 11.6. The van der Waals surface area contributed by atoms with E-state index < -0.39 is 0 Å². The SMILES string of the molecule is CC(C)n1nnc(-c2cccc(O)c2)c1CN. The van der Waals surface area contributed by atoms with E-state index in [1.165, 1.54) is 0 Å². The maximum Gasteiger partial charge on any atom is 0.117 e. The average Bonchev–Trinajstić information content (AvgIpc) is 2.72. The van der Waals surface area contributed by atoms with E-state index in [4.69, 9.17) is 5.73 Å². The van der Waals surface area contributed by atoms with Gasteiger partial charge in [0, 0.05) is 18.2 Å². The van der Waals surface area contributed by atoms with Crippen LogP contribution in [0.2, 0.25) is 0 Å². The summed E-state index contributed by atoms with van der Waals surface area (Å²) in [5.41, 5.74) is 8.19. The molecule has 2 rings (SSSR count). The van der Waals surface area contributed by atoms with Crippen LogP contribution in [0.3, 0.4) is 0 Å². The summed E-state index contributed by atoms with van der Waals surface area (Å²) in [6.07, 6.45) is 0. The quantitative estimate of drug-likeness (QED) is 0.844. The summed E-state index contributed by atoms with van der Waals surface area (Å²) in [6, 6.07) is 7.16. The van der Waals surface area contributed by atoms with Gasteiger partial charge in [0.1, 0.15) is 11.4 Å². The van der Waals surface area contributed by atoms with E-state index >= 15 is 0 Å². The summed E-state index contributed by atoms with van der Waals surface area (Å²) >= 11 is 0. The van der Waals surface area contributed by atoms with Crippen molar-refractivity contribution in [1.29, 1.82) is 0 Å². The lowest BCUT2D eigenvalue weighted by Gasteiger charge is -2.09. The normalized spacial score (nSPS) is 11.1. The molecule has 0 fully saturated rings. The van der Waals surface area contributed by atoms with Gasteiger partial charge in [-0.05, 0) is 26.0 Å². The summed E-state index contributed by atoms with van der Waals surface area (Å²) in [5, 5.41) is 17.7. The van der Waals surface area contributed by atoms with Gasteiger partial charge in [-0.1, -0.05) is 17.3 Å². The van der Waals surface area contributed by atoms with Gasteiger partial charge in [0.05, 0.1) is 5.69 Å². The summed E-state index contributed by atoms with van der Waals surface area (Å²) < 4.78 is 1.80. The molecular weight excluding hydrogens is 216 g/mol. The molecular formula is C12H16N4O. The molecule has 90 valence electrons. The number of nitrogens with zero attached hydrogens (tertiary/aromatic N) is 3. The number of phenolic OH excluding ortho intramolecular Hbond substituents is 1. The summed E-state index contributed by atoms with van der Waals surface area (Å²) in [5.74, 6) is 0.213. The Morgan fingerprint density at radius 1 is 1.41 bits per heavy atom. The fraction of sp³-hybridized carbons (Fsp3) is 0.333. The standard InChI is InChI=1S/C12H16N4O/c1-8(2)16-11(7-13)12(14-15-16)9-4-3-5-10(17)6-9/h3-6,8,17H,7,13H2,1-2H3. The van der Waals surface area contributed by atoms with Gasteiger partial charge < -0.3 is 10.8 Å². The molecule has 2 aromatic rings.